The lowest BCUT2D eigenvalue weighted by Gasteiger charge is -2.26. The number of carbonyl (C=O) groups is 1. The lowest BCUT2D eigenvalue weighted by atomic mass is 10.1. The number of rotatable bonds is 2. The molecule has 0 radical (unpaired) electrons. The summed E-state index contributed by atoms with van der Waals surface area (Å²) in [6.45, 7) is 0.244. The molecule has 1 saturated heterocycles. The first-order chi connectivity index (χ1) is 7.65. The molecule has 1 aromatic rings. The molecule has 2 heterocycles. The van der Waals surface area contributed by atoms with E-state index in [4.69, 9.17) is 14.3 Å². The summed E-state index contributed by atoms with van der Waals surface area (Å²) >= 11 is 0. The Balaban J connectivity index is 1.90. The van der Waals surface area contributed by atoms with Crippen molar-refractivity contribution >= 4 is 6.09 Å². The van der Waals surface area contributed by atoms with Gasteiger partial charge in [-0.05, 0) is 12.8 Å². The highest BCUT2D eigenvalue weighted by Gasteiger charge is 2.27. The Hall–Kier alpha value is -1.83. The fourth-order valence-electron chi connectivity index (χ4n) is 1.61. The first kappa shape index (κ1) is 10.7. The van der Waals surface area contributed by atoms with Crippen molar-refractivity contribution in [3.63, 3.8) is 0 Å². The van der Waals surface area contributed by atoms with E-state index in [-0.39, 0.29) is 24.6 Å². The number of H-pyrrole nitrogens is 1. The number of aromatic nitrogens is 2. The third-order valence-corrected chi connectivity index (χ3v) is 2.33. The minimum atomic E-state index is -1.07. The standard InChI is InChI=1S/C8H11N3O5/c12-7(13)9-4-1-2-5(15-3-4)6-10-11-8(14)16-6/h4-5,9H,1-3H2,(H,11,14)(H,12,13)/t4-,5+/m1/s1. The van der Waals surface area contributed by atoms with E-state index in [2.05, 4.69) is 15.5 Å². The van der Waals surface area contributed by atoms with Crippen molar-refractivity contribution in [1.29, 1.82) is 0 Å². The number of hydrogen-bond donors (Lipinski definition) is 3. The lowest BCUT2D eigenvalue weighted by molar-refractivity contribution is -0.0181. The maximum atomic E-state index is 10.7. The summed E-state index contributed by atoms with van der Waals surface area (Å²) < 4.78 is 10.1. The van der Waals surface area contributed by atoms with Gasteiger partial charge in [-0.25, -0.2) is 14.7 Å². The molecule has 8 heteroatoms. The molecule has 16 heavy (non-hydrogen) atoms. The number of aromatic amines is 1. The normalized spacial score (nSPS) is 25.2. The SMILES string of the molecule is O=C(O)N[C@@H]1CC[C@@H](c2n[nH]c(=O)o2)OC1. The van der Waals surface area contributed by atoms with Crippen LogP contribution in [-0.2, 0) is 4.74 Å². The molecule has 1 fully saturated rings. The molecule has 1 amide bonds. The fourth-order valence-corrected chi connectivity index (χ4v) is 1.61. The van der Waals surface area contributed by atoms with Crippen molar-refractivity contribution in [3.8, 4) is 0 Å². The highest BCUT2D eigenvalue weighted by Crippen LogP contribution is 2.25. The van der Waals surface area contributed by atoms with E-state index in [0.717, 1.165) is 0 Å². The molecule has 2 atom stereocenters. The zero-order chi connectivity index (χ0) is 11.5. The Morgan fingerprint density at radius 1 is 1.56 bits per heavy atom. The molecular weight excluding hydrogens is 218 g/mol. The predicted octanol–water partition coefficient (Wildman–Crippen LogP) is -0.149. The Labute approximate surface area is 89.6 Å². The summed E-state index contributed by atoms with van der Waals surface area (Å²) in [5.41, 5.74) is 0. The zero-order valence-corrected chi connectivity index (χ0v) is 8.30. The van der Waals surface area contributed by atoms with Gasteiger partial charge in [-0.3, -0.25) is 0 Å². The van der Waals surface area contributed by atoms with Crippen LogP contribution in [0.15, 0.2) is 9.21 Å². The third kappa shape index (κ3) is 2.40. The number of nitrogens with one attached hydrogen (secondary N) is 2. The Morgan fingerprint density at radius 2 is 2.38 bits per heavy atom. The molecule has 0 spiro atoms. The molecule has 1 aromatic heterocycles. The van der Waals surface area contributed by atoms with Gasteiger partial charge in [-0.2, -0.15) is 0 Å². The first-order valence-electron chi connectivity index (χ1n) is 4.81. The van der Waals surface area contributed by atoms with Crippen molar-refractivity contribution in [2.24, 2.45) is 0 Å². The third-order valence-electron chi connectivity index (χ3n) is 2.33. The van der Waals surface area contributed by atoms with Crippen LogP contribution in [0, 0.1) is 0 Å². The van der Waals surface area contributed by atoms with Crippen LogP contribution in [0.5, 0.6) is 0 Å². The van der Waals surface area contributed by atoms with E-state index >= 15 is 0 Å². The van der Waals surface area contributed by atoms with Gasteiger partial charge < -0.3 is 19.6 Å². The van der Waals surface area contributed by atoms with E-state index in [1.807, 2.05) is 0 Å². The highest BCUT2D eigenvalue weighted by molar-refractivity contribution is 5.64. The monoisotopic (exact) mass is 229 g/mol. The van der Waals surface area contributed by atoms with E-state index in [1.54, 1.807) is 0 Å². The minimum absolute atomic E-state index is 0.207. The largest absolute Gasteiger partial charge is 0.465 e. The maximum absolute atomic E-state index is 10.7. The molecule has 3 N–H and O–H groups in total. The average molecular weight is 229 g/mol. The van der Waals surface area contributed by atoms with Crippen molar-refractivity contribution in [3.05, 3.63) is 16.4 Å². The van der Waals surface area contributed by atoms with Gasteiger partial charge in [0.05, 0.1) is 12.6 Å². The van der Waals surface area contributed by atoms with E-state index < -0.39 is 11.8 Å². The average Bonchev–Trinajstić information content (AvgIpc) is 2.65. The lowest BCUT2D eigenvalue weighted by Crippen LogP contribution is -2.40. The first-order valence-corrected chi connectivity index (χ1v) is 4.81. The molecule has 0 saturated carbocycles. The fraction of sp³-hybridized carbons (Fsp3) is 0.625. The smallest absolute Gasteiger partial charge is 0.434 e. The van der Waals surface area contributed by atoms with Crippen molar-refractivity contribution in [1.82, 2.24) is 15.5 Å². The maximum Gasteiger partial charge on any atom is 0.434 e. The molecule has 2 rings (SSSR count). The Bertz CT molecular complexity index is 417. The molecule has 0 unspecified atom stereocenters. The van der Waals surface area contributed by atoms with Crippen LogP contribution >= 0.6 is 0 Å². The molecule has 0 bridgehead atoms. The van der Waals surface area contributed by atoms with Gasteiger partial charge in [0.1, 0.15) is 6.10 Å². The summed E-state index contributed by atoms with van der Waals surface area (Å²) in [7, 11) is 0. The number of amides is 1. The quantitative estimate of drug-likeness (QED) is 0.649. The van der Waals surface area contributed by atoms with Crippen molar-refractivity contribution < 1.29 is 19.1 Å². The number of hydrogen-bond acceptors (Lipinski definition) is 5. The highest BCUT2D eigenvalue weighted by atomic mass is 16.5. The molecular formula is C8H11N3O5. The number of carboxylic acid groups (broad SMARTS) is 1. The van der Waals surface area contributed by atoms with Gasteiger partial charge in [0.15, 0.2) is 0 Å². The Kier molecular flexibility index (Phi) is 2.91. The summed E-state index contributed by atoms with van der Waals surface area (Å²) in [6.07, 6.45) is -0.282. The molecule has 8 nitrogen and oxygen atoms in total. The molecule has 0 aliphatic carbocycles. The minimum Gasteiger partial charge on any atom is -0.465 e. The van der Waals surface area contributed by atoms with Crippen LogP contribution in [0.25, 0.3) is 0 Å². The van der Waals surface area contributed by atoms with Gasteiger partial charge in [0.2, 0.25) is 5.89 Å². The van der Waals surface area contributed by atoms with E-state index in [1.165, 1.54) is 0 Å². The molecule has 0 aromatic carbocycles. The number of nitrogens with zero attached hydrogens (tertiary/aromatic N) is 1. The van der Waals surface area contributed by atoms with Crippen LogP contribution in [0.3, 0.4) is 0 Å². The van der Waals surface area contributed by atoms with Crippen molar-refractivity contribution in [2.45, 2.75) is 25.0 Å². The second-order valence-corrected chi connectivity index (χ2v) is 3.50. The summed E-state index contributed by atoms with van der Waals surface area (Å²) in [4.78, 5) is 21.1. The van der Waals surface area contributed by atoms with Gasteiger partial charge in [-0.1, -0.05) is 0 Å². The van der Waals surface area contributed by atoms with Crippen molar-refractivity contribution in [2.75, 3.05) is 6.61 Å². The van der Waals surface area contributed by atoms with Gasteiger partial charge in [-0.15, -0.1) is 5.10 Å². The van der Waals surface area contributed by atoms with Gasteiger partial charge in [0.25, 0.3) is 0 Å². The second-order valence-electron chi connectivity index (χ2n) is 3.50. The van der Waals surface area contributed by atoms with Crippen LogP contribution in [-0.4, -0.2) is 34.0 Å². The van der Waals surface area contributed by atoms with E-state index in [0.29, 0.717) is 12.8 Å². The summed E-state index contributed by atoms with van der Waals surface area (Å²) in [5, 5.41) is 16.6. The van der Waals surface area contributed by atoms with Crippen LogP contribution < -0.4 is 11.1 Å². The zero-order valence-electron chi connectivity index (χ0n) is 8.30. The van der Waals surface area contributed by atoms with Crippen LogP contribution in [0.2, 0.25) is 0 Å². The van der Waals surface area contributed by atoms with Crippen LogP contribution in [0.1, 0.15) is 24.8 Å². The summed E-state index contributed by atoms with van der Waals surface area (Å²) in [6, 6.07) is -0.223. The Morgan fingerprint density at radius 3 is 2.88 bits per heavy atom. The van der Waals surface area contributed by atoms with Gasteiger partial charge in [0, 0.05) is 0 Å². The molecule has 1 aliphatic heterocycles. The second kappa shape index (κ2) is 4.35. The molecule has 88 valence electrons. The van der Waals surface area contributed by atoms with Gasteiger partial charge >= 0.3 is 11.8 Å². The van der Waals surface area contributed by atoms with Crippen LogP contribution in [0.4, 0.5) is 4.79 Å². The van der Waals surface area contributed by atoms with E-state index in [9.17, 15) is 9.59 Å². The topological polar surface area (TPSA) is 117 Å². The molecule has 1 aliphatic rings. The summed E-state index contributed by atoms with van der Waals surface area (Å²) in [5.74, 6) is -0.414. The number of ether oxygens (including phenoxy) is 1. The predicted molar refractivity (Wildman–Crippen MR) is 50.0 cm³/mol.